The fraction of sp³-hybridized carbons (Fsp3) is 0.400. The Morgan fingerprint density at radius 3 is 2.29 bits per heavy atom. The van der Waals surface area contributed by atoms with Crippen LogP contribution < -0.4 is 10.6 Å². The summed E-state index contributed by atoms with van der Waals surface area (Å²) >= 11 is 0. The van der Waals surface area contributed by atoms with Gasteiger partial charge in [0, 0.05) is 32.2 Å². The first-order chi connectivity index (χ1) is 16.9. The van der Waals surface area contributed by atoms with Gasteiger partial charge in [-0.1, -0.05) is 25.0 Å². The van der Waals surface area contributed by atoms with E-state index in [0.717, 1.165) is 25.7 Å². The average Bonchev–Trinajstić information content (AvgIpc) is 3.37. The molecule has 35 heavy (non-hydrogen) atoms. The standard InChI is InChI=1S/C25H29N5O4S/c26-17-19-9-11-21(12-10-19)35(33,34)30-15-13-29(14-16-30)18-24(31)28-23-8-4-3-7-22(23)25(32)27-20-5-1-2-6-20/h3-4,7-12,20H,1-2,5-6,13-16,18H2,(H,27,32)(H,28,31). The van der Waals surface area contributed by atoms with Crippen LogP contribution in [0.1, 0.15) is 41.6 Å². The summed E-state index contributed by atoms with van der Waals surface area (Å²) in [6.07, 6.45) is 4.19. The van der Waals surface area contributed by atoms with Crippen LogP contribution in [-0.4, -0.2) is 68.2 Å². The highest BCUT2D eigenvalue weighted by Gasteiger charge is 2.29. The molecule has 10 heteroatoms. The Bertz CT molecular complexity index is 1210. The molecule has 0 spiro atoms. The zero-order valence-corrected chi connectivity index (χ0v) is 20.3. The number of anilines is 1. The normalized spacial score (nSPS) is 17.6. The molecule has 2 aromatic rings. The maximum absolute atomic E-state index is 12.9. The van der Waals surface area contributed by atoms with Crippen molar-refractivity contribution in [3.63, 3.8) is 0 Å². The van der Waals surface area contributed by atoms with Gasteiger partial charge in [-0.25, -0.2) is 8.42 Å². The van der Waals surface area contributed by atoms with Crippen molar-refractivity contribution < 1.29 is 18.0 Å². The number of para-hydroxylation sites is 1. The van der Waals surface area contributed by atoms with E-state index in [9.17, 15) is 18.0 Å². The van der Waals surface area contributed by atoms with E-state index in [-0.39, 0.29) is 42.4 Å². The van der Waals surface area contributed by atoms with Gasteiger partial charge in [-0.3, -0.25) is 14.5 Å². The van der Waals surface area contributed by atoms with E-state index in [1.165, 1.54) is 28.6 Å². The van der Waals surface area contributed by atoms with Crippen molar-refractivity contribution in [2.45, 2.75) is 36.6 Å². The third-order valence-corrected chi connectivity index (χ3v) is 8.37. The van der Waals surface area contributed by atoms with Gasteiger partial charge in [-0.15, -0.1) is 0 Å². The van der Waals surface area contributed by atoms with Gasteiger partial charge in [0.15, 0.2) is 0 Å². The van der Waals surface area contributed by atoms with Gasteiger partial charge < -0.3 is 10.6 Å². The van der Waals surface area contributed by atoms with Crippen molar-refractivity contribution in [2.24, 2.45) is 0 Å². The first kappa shape index (κ1) is 24.9. The second kappa shape index (κ2) is 11.0. The van der Waals surface area contributed by atoms with Gasteiger partial charge in [0.1, 0.15) is 0 Å². The summed E-state index contributed by atoms with van der Waals surface area (Å²) in [6.45, 7) is 1.44. The summed E-state index contributed by atoms with van der Waals surface area (Å²) < 4.78 is 27.2. The zero-order valence-electron chi connectivity index (χ0n) is 19.4. The number of nitriles is 1. The molecule has 9 nitrogen and oxygen atoms in total. The summed E-state index contributed by atoms with van der Waals surface area (Å²) in [6, 6.07) is 15.0. The van der Waals surface area contributed by atoms with E-state index >= 15 is 0 Å². The molecule has 1 aliphatic heterocycles. The Balaban J connectivity index is 1.31. The number of rotatable bonds is 7. The maximum atomic E-state index is 12.9. The van der Waals surface area contributed by atoms with Gasteiger partial charge in [-0.2, -0.15) is 9.57 Å². The molecule has 0 unspecified atom stereocenters. The Morgan fingerprint density at radius 1 is 0.971 bits per heavy atom. The highest BCUT2D eigenvalue weighted by atomic mass is 32.2. The van der Waals surface area contributed by atoms with Crippen molar-refractivity contribution in [2.75, 3.05) is 38.0 Å². The molecule has 0 atom stereocenters. The number of piperazine rings is 1. The number of carbonyl (C=O) groups is 2. The topological polar surface area (TPSA) is 123 Å². The fourth-order valence-electron chi connectivity index (χ4n) is 4.49. The molecule has 1 saturated carbocycles. The van der Waals surface area contributed by atoms with Crippen LogP contribution in [0.3, 0.4) is 0 Å². The molecule has 0 radical (unpaired) electrons. The summed E-state index contributed by atoms with van der Waals surface area (Å²) in [5.41, 5.74) is 1.30. The Hall–Kier alpha value is -3.26. The highest BCUT2D eigenvalue weighted by molar-refractivity contribution is 7.89. The van der Waals surface area contributed by atoms with Crippen LogP contribution in [-0.2, 0) is 14.8 Å². The van der Waals surface area contributed by atoms with Gasteiger partial charge in [0.25, 0.3) is 5.91 Å². The second-order valence-corrected chi connectivity index (χ2v) is 10.8. The largest absolute Gasteiger partial charge is 0.349 e. The summed E-state index contributed by atoms with van der Waals surface area (Å²) in [5, 5.41) is 14.8. The Morgan fingerprint density at radius 2 is 1.63 bits per heavy atom. The summed E-state index contributed by atoms with van der Waals surface area (Å²) in [5.74, 6) is -0.441. The molecule has 1 saturated heterocycles. The first-order valence-corrected chi connectivity index (χ1v) is 13.2. The molecule has 2 aromatic carbocycles. The van der Waals surface area contributed by atoms with Crippen LogP contribution in [0.4, 0.5) is 5.69 Å². The van der Waals surface area contributed by atoms with Crippen molar-refractivity contribution in [1.82, 2.24) is 14.5 Å². The minimum Gasteiger partial charge on any atom is -0.349 e. The molecule has 2 fully saturated rings. The van der Waals surface area contributed by atoms with E-state index < -0.39 is 10.0 Å². The van der Waals surface area contributed by atoms with Crippen LogP contribution >= 0.6 is 0 Å². The number of nitrogens with zero attached hydrogens (tertiary/aromatic N) is 3. The molecule has 2 N–H and O–H groups in total. The van der Waals surface area contributed by atoms with Crippen molar-refractivity contribution in [3.8, 4) is 6.07 Å². The highest BCUT2D eigenvalue weighted by Crippen LogP contribution is 2.21. The summed E-state index contributed by atoms with van der Waals surface area (Å²) in [7, 11) is -3.66. The smallest absolute Gasteiger partial charge is 0.253 e. The van der Waals surface area contributed by atoms with Crippen LogP contribution in [0.15, 0.2) is 53.4 Å². The number of hydrogen-bond donors (Lipinski definition) is 2. The lowest BCUT2D eigenvalue weighted by atomic mass is 10.1. The van der Waals surface area contributed by atoms with E-state index in [1.807, 2.05) is 11.0 Å². The SMILES string of the molecule is N#Cc1ccc(S(=O)(=O)N2CCN(CC(=O)Nc3ccccc3C(=O)NC3CCCC3)CC2)cc1. The number of carbonyl (C=O) groups excluding carboxylic acids is 2. The van der Waals surface area contributed by atoms with Gasteiger partial charge in [0.05, 0.1) is 34.3 Å². The minimum absolute atomic E-state index is 0.101. The molecular weight excluding hydrogens is 466 g/mol. The van der Waals surface area contributed by atoms with E-state index in [4.69, 9.17) is 5.26 Å². The van der Waals surface area contributed by atoms with Crippen LogP contribution in [0.25, 0.3) is 0 Å². The quantitative estimate of drug-likeness (QED) is 0.607. The monoisotopic (exact) mass is 495 g/mol. The lowest BCUT2D eigenvalue weighted by molar-refractivity contribution is -0.117. The van der Waals surface area contributed by atoms with Gasteiger partial charge >= 0.3 is 0 Å². The maximum Gasteiger partial charge on any atom is 0.253 e. The molecule has 2 amide bonds. The van der Waals surface area contributed by atoms with Gasteiger partial charge in [-0.05, 0) is 49.2 Å². The number of amides is 2. The first-order valence-electron chi connectivity index (χ1n) is 11.8. The average molecular weight is 496 g/mol. The van der Waals surface area contributed by atoms with E-state index in [2.05, 4.69) is 10.6 Å². The number of benzene rings is 2. The zero-order chi connectivity index (χ0) is 24.8. The van der Waals surface area contributed by atoms with Crippen molar-refractivity contribution in [1.29, 1.82) is 5.26 Å². The molecular formula is C25H29N5O4S. The molecule has 4 rings (SSSR count). The predicted octanol–water partition coefficient (Wildman–Crippen LogP) is 2.18. The number of hydrogen-bond acceptors (Lipinski definition) is 6. The Kier molecular flexibility index (Phi) is 7.80. The third kappa shape index (κ3) is 6.06. The van der Waals surface area contributed by atoms with Crippen LogP contribution in [0, 0.1) is 11.3 Å². The van der Waals surface area contributed by atoms with E-state index in [0.29, 0.717) is 29.9 Å². The second-order valence-electron chi connectivity index (χ2n) is 8.87. The van der Waals surface area contributed by atoms with Crippen molar-refractivity contribution >= 4 is 27.5 Å². The molecule has 1 heterocycles. The molecule has 0 aromatic heterocycles. The van der Waals surface area contributed by atoms with Crippen LogP contribution in [0.5, 0.6) is 0 Å². The molecule has 1 aliphatic carbocycles. The minimum atomic E-state index is -3.66. The lowest BCUT2D eigenvalue weighted by Crippen LogP contribution is -2.50. The van der Waals surface area contributed by atoms with Crippen LogP contribution in [0.2, 0.25) is 0 Å². The molecule has 184 valence electrons. The third-order valence-electron chi connectivity index (χ3n) is 6.46. The molecule has 0 bridgehead atoms. The summed E-state index contributed by atoms with van der Waals surface area (Å²) in [4.78, 5) is 27.5. The van der Waals surface area contributed by atoms with E-state index in [1.54, 1.807) is 24.3 Å². The van der Waals surface area contributed by atoms with Gasteiger partial charge in [0.2, 0.25) is 15.9 Å². The van der Waals surface area contributed by atoms with Crippen molar-refractivity contribution in [3.05, 3.63) is 59.7 Å². The molecule has 2 aliphatic rings. The Labute approximate surface area is 205 Å². The predicted molar refractivity (Wildman–Crippen MR) is 131 cm³/mol. The number of sulfonamides is 1. The fourth-order valence-corrected chi connectivity index (χ4v) is 5.92. The lowest BCUT2D eigenvalue weighted by Gasteiger charge is -2.33. The number of nitrogens with one attached hydrogen (secondary N) is 2.